The fourth-order valence-corrected chi connectivity index (χ4v) is 4.20. The van der Waals surface area contributed by atoms with Crippen molar-refractivity contribution in [3.8, 4) is 0 Å². The number of piperidine rings is 1. The SMILES string of the molecule is CC(=N)NC1C2CN(c3ccc(N4C[C@H](CNC(C)=O)OC4=O)cc3F)CC21. The van der Waals surface area contributed by atoms with E-state index in [0.717, 1.165) is 13.1 Å². The number of hydrogen-bond donors (Lipinski definition) is 3. The van der Waals surface area contributed by atoms with Crippen LogP contribution in [0.15, 0.2) is 18.2 Å². The summed E-state index contributed by atoms with van der Waals surface area (Å²) in [6.07, 6.45) is -0.993. The molecule has 1 aromatic rings. The molecule has 150 valence electrons. The minimum Gasteiger partial charge on any atom is -0.442 e. The Labute approximate surface area is 162 Å². The molecule has 2 heterocycles. The highest BCUT2D eigenvalue weighted by molar-refractivity contribution is 5.90. The maximum absolute atomic E-state index is 14.8. The third kappa shape index (κ3) is 3.48. The molecule has 9 heteroatoms. The van der Waals surface area contributed by atoms with Crippen molar-refractivity contribution < 1.29 is 18.7 Å². The Bertz CT molecular complexity index is 820. The number of carbonyl (C=O) groups is 2. The van der Waals surface area contributed by atoms with Gasteiger partial charge in [0.15, 0.2) is 0 Å². The van der Waals surface area contributed by atoms with Gasteiger partial charge in [0, 0.05) is 37.9 Å². The van der Waals surface area contributed by atoms with E-state index in [1.54, 1.807) is 19.1 Å². The number of hydrogen-bond acceptors (Lipinski definition) is 5. The molecule has 2 unspecified atom stereocenters. The molecule has 1 aliphatic carbocycles. The second kappa shape index (κ2) is 6.96. The lowest BCUT2D eigenvalue weighted by Crippen LogP contribution is -2.34. The number of amidine groups is 1. The number of ether oxygens (including phenoxy) is 1. The Hall–Kier alpha value is -2.84. The van der Waals surface area contributed by atoms with E-state index in [1.807, 2.05) is 4.90 Å². The first-order valence-electron chi connectivity index (χ1n) is 9.42. The minimum absolute atomic E-state index is 0.193. The Morgan fingerprint density at radius 3 is 2.61 bits per heavy atom. The molecule has 3 fully saturated rings. The van der Waals surface area contributed by atoms with Gasteiger partial charge in [-0.15, -0.1) is 0 Å². The highest BCUT2D eigenvalue weighted by atomic mass is 19.1. The van der Waals surface area contributed by atoms with E-state index in [4.69, 9.17) is 10.1 Å². The quantitative estimate of drug-likeness (QED) is 0.521. The van der Waals surface area contributed by atoms with Gasteiger partial charge in [-0.3, -0.25) is 15.1 Å². The fraction of sp³-hybridized carbons (Fsp3) is 0.526. The molecule has 0 aromatic heterocycles. The molecule has 1 saturated carbocycles. The fourth-order valence-electron chi connectivity index (χ4n) is 4.20. The number of nitrogens with one attached hydrogen (secondary N) is 3. The monoisotopic (exact) mass is 389 g/mol. The normalized spacial score (nSPS) is 28.0. The van der Waals surface area contributed by atoms with Crippen LogP contribution in [-0.4, -0.2) is 56.2 Å². The van der Waals surface area contributed by atoms with Gasteiger partial charge in [0.05, 0.1) is 30.3 Å². The zero-order chi connectivity index (χ0) is 20.0. The number of nitrogens with zero attached hydrogens (tertiary/aromatic N) is 2. The highest BCUT2D eigenvalue weighted by Gasteiger charge is 2.56. The lowest BCUT2D eigenvalue weighted by Gasteiger charge is -2.24. The van der Waals surface area contributed by atoms with Gasteiger partial charge in [-0.25, -0.2) is 9.18 Å². The zero-order valence-electron chi connectivity index (χ0n) is 15.9. The molecule has 28 heavy (non-hydrogen) atoms. The number of cyclic esters (lactones) is 1. The number of halogens is 1. The standard InChI is InChI=1S/C19H24FN5O3/c1-10(21)23-18-14-8-24(9-15(14)18)17-4-3-12(5-16(17)20)25-7-13(28-19(25)27)6-22-11(2)26/h3-5,13-15,18H,6-9H2,1-2H3,(H2,21,23)(H,22,26)/t13-,14?,15?,18?/m0/s1. The number of carbonyl (C=O) groups excluding carboxylic acids is 2. The van der Waals surface area contributed by atoms with Crippen molar-refractivity contribution >= 4 is 29.2 Å². The number of anilines is 2. The summed E-state index contributed by atoms with van der Waals surface area (Å²) in [6, 6.07) is 5.12. The molecule has 0 radical (unpaired) electrons. The highest BCUT2D eigenvalue weighted by Crippen LogP contribution is 2.47. The number of fused-ring (bicyclic) bond motifs is 1. The van der Waals surface area contributed by atoms with Crippen LogP contribution in [0.2, 0.25) is 0 Å². The van der Waals surface area contributed by atoms with Crippen LogP contribution in [0.3, 0.4) is 0 Å². The van der Waals surface area contributed by atoms with Crippen molar-refractivity contribution in [2.75, 3.05) is 36.0 Å². The Morgan fingerprint density at radius 1 is 1.29 bits per heavy atom. The minimum atomic E-state index is -0.541. The lowest BCUT2D eigenvalue weighted by atomic mass is 10.2. The van der Waals surface area contributed by atoms with Crippen molar-refractivity contribution in [2.24, 2.45) is 11.8 Å². The van der Waals surface area contributed by atoms with Crippen LogP contribution in [0.25, 0.3) is 0 Å². The molecule has 3 aliphatic rings. The van der Waals surface area contributed by atoms with Crippen molar-refractivity contribution in [1.82, 2.24) is 10.6 Å². The van der Waals surface area contributed by atoms with Gasteiger partial charge in [-0.05, 0) is 25.1 Å². The predicted octanol–water partition coefficient (Wildman–Crippen LogP) is 1.31. The van der Waals surface area contributed by atoms with Crippen LogP contribution < -0.4 is 20.4 Å². The van der Waals surface area contributed by atoms with E-state index in [1.165, 1.54) is 17.9 Å². The third-order valence-electron chi connectivity index (χ3n) is 5.61. The van der Waals surface area contributed by atoms with Crippen molar-refractivity contribution in [3.63, 3.8) is 0 Å². The van der Waals surface area contributed by atoms with Crippen LogP contribution in [-0.2, 0) is 9.53 Å². The Morgan fingerprint density at radius 2 is 2.00 bits per heavy atom. The van der Waals surface area contributed by atoms with Gasteiger partial charge in [0.1, 0.15) is 11.9 Å². The molecule has 1 aromatic carbocycles. The smallest absolute Gasteiger partial charge is 0.414 e. The number of amides is 2. The topological polar surface area (TPSA) is 97.8 Å². The summed E-state index contributed by atoms with van der Waals surface area (Å²) in [7, 11) is 0. The average molecular weight is 389 g/mol. The summed E-state index contributed by atoms with van der Waals surface area (Å²) in [5.74, 6) is 0.798. The van der Waals surface area contributed by atoms with E-state index < -0.39 is 12.2 Å². The van der Waals surface area contributed by atoms with E-state index in [9.17, 15) is 14.0 Å². The molecule has 3 atom stereocenters. The summed E-state index contributed by atoms with van der Waals surface area (Å²) in [5, 5.41) is 13.3. The van der Waals surface area contributed by atoms with Crippen LogP contribution >= 0.6 is 0 Å². The first-order chi connectivity index (χ1) is 13.3. The lowest BCUT2D eigenvalue weighted by molar-refractivity contribution is -0.119. The average Bonchev–Trinajstić information content (AvgIpc) is 2.99. The van der Waals surface area contributed by atoms with Crippen LogP contribution in [0.1, 0.15) is 13.8 Å². The molecule has 0 spiro atoms. The van der Waals surface area contributed by atoms with Gasteiger partial charge in [-0.2, -0.15) is 0 Å². The molecule has 2 aliphatic heterocycles. The maximum Gasteiger partial charge on any atom is 0.414 e. The van der Waals surface area contributed by atoms with Crippen molar-refractivity contribution in [2.45, 2.75) is 26.0 Å². The van der Waals surface area contributed by atoms with Gasteiger partial charge in [0.2, 0.25) is 5.91 Å². The van der Waals surface area contributed by atoms with Gasteiger partial charge >= 0.3 is 6.09 Å². The second-order valence-electron chi connectivity index (χ2n) is 7.72. The number of rotatable bonds is 5. The zero-order valence-corrected chi connectivity index (χ0v) is 15.9. The predicted molar refractivity (Wildman–Crippen MR) is 102 cm³/mol. The molecule has 2 amide bonds. The van der Waals surface area contributed by atoms with Crippen LogP contribution in [0, 0.1) is 23.1 Å². The second-order valence-corrected chi connectivity index (χ2v) is 7.72. The Kier molecular flexibility index (Phi) is 4.60. The van der Waals surface area contributed by atoms with Crippen LogP contribution in [0.4, 0.5) is 20.6 Å². The largest absolute Gasteiger partial charge is 0.442 e. The van der Waals surface area contributed by atoms with E-state index >= 15 is 0 Å². The summed E-state index contributed by atoms with van der Waals surface area (Å²) in [4.78, 5) is 26.5. The molecule has 2 saturated heterocycles. The third-order valence-corrected chi connectivity index (χ3v) is 5.61. The molecular formula is C19H24FN5O3. The number of benzene rings is 1. The summed E-state index contributed by atoms with van der Waals surface area (Å²) < 4.78 is 20.0. The van der Waals surface area contributed by atoms with E-state index in [-0.39, 0.29) is 24.8 Å². The molecule has 4 rings (SSSR count). The first-order valence-corrected chi connectivity index (χ1v) is 9.42. The van der Waals surface area contributed by atoms with Gasteiger partial charge in [0.25, 0.3) is 0 Å². The molecule has 8 nitrogen and oxygen atoms in total. The molecular weight excluding hydrogens is 365 g/mol. The Balaban J connectivity index is 1.39. The van der Waals surface area contributed by atoms with Gasteiger partial charge in [-0.1, -0.05) is 0 Å². The summed E-state index contributed by atoms with van der Waals surface area (Å²) >= 11 is 0. The molecule has 3 N–H and O–H groups in total. The van der Waals surface area contributed by atoms with E-state index in [2.05, 4.69) is 10.6 Å². The van der Waals surface area contributed by atoms with Crippen LogP contribution in [0.5, 0.6) is 0 Å². The van der Waals surface area contributed by atoms with E-state index in [0.29, 0.717) is 35.1 Å². The van der Waals surface area contributed by atoms with Gasteiger partial charge < -0.3 is 20.3 Å². The van der Waals surface area contributed by atoms with Crippen molar-refractivity contribution in [3.05, 3.63) is 24.0 Å². The summed E-state index contributed by atoms with van der Waals surface area (Å²) in [5.41, 5.74) is 0.976. The maximum atomic E-state index is 14.8. The summed E-state index contributed by atoms with van der Waals surface area (Å²) in [6.45, 7) is 5.15. The first kappa shape index (κ1) is 18.5. The van der Waals surface area contributed by atoms with Crippen molar-refractivity contribution in [1.29, 1.82) is 5.41 Å². The molecule has 0 bridgehead atoms.